The van der Waals surface area contributed by atoms with Gasteiger partial charge in [-0.25, -0.2) is 0 Å². The number of fused-ring (bicyclic) bond motifs is 2. The first-order valence-electron chi connectivity index (χ1n) is 23.7. The lowest BCUT2D eigenvalue weighted by Gasteiger charge is -2.28. The highest BCUT2D eigenvalue weighted by Gasteiger charge is 2.39. The van der Waals surface area contributed by atoms with Crippen molar-refractivity contribution in [2.24, 2.45) is 29.6 Å². The molecule has 2 fully saturated rings. The number of hydrogen-bond acceptors (Lipinski definition) is 10. The van der Waals surface area contributed by atoms with Gasteiger partial charge < -0.3 is 30.0 Å². The van der Waals surface area contributed by atoms with E-state index >= 15 is 0 Å². The maximum absolute atomic E-state index is 12.7. The van der Waals surface area contributed by atoms with Crippen LogP contribution in [0.15, 0.2) is 36.4 Å². The second kappa shape index (κ2) is 24.5. The second-order valence-electron chi connectivity index (χ2n) is 19.3. The van der Waals surface area contributed by atoms with Gasteiger partial charge in [0.1, 0.15) is 23.1 Å². The summed E-state index contributed by atoms with van der Waals surface area (Å²) in [6, 6.07) is 10.9. The van der Waals surface area contributed by atoms with Gasteiger partial charge in [0.15, 0.2) is 11.6 Å². The van der Waals surface area contributed by atoms with E-state index in [-0.39, 0.29) is 34.8 Å². The number of carbonyl (C=O) groups excluding carboxylic acids is 4. The molecule has 6 rings (SSSR count). The van der Waals surface area contributed by atoms with E-state index in [2.05, 4.69) is 31.4 Å². The molecule has 61 heavy (non-hydrogen) atoms. The summed E-state index contributed by atoms with van der Waals surface area (Å²) in [4.78, 5) is 49.0. The number of Topliss-reactive ketones (excluding diaryl/α,β-unsaturated/α-hetero) is 4. The lowest BCUT2D eigenvalue weighted by atomic mass is 9.64. The SMILES string of the molecule is CC(=O)c1cccc2c1OB(O)[C@@H](CC(=O)CC1CCC(CNCCCC(C)C)C1)C2.CCCCCNCC1CCC(CC(=O)C[C@H]2Cc3cccc(C(C)=O)c3OB2O)C1. The fraction of sp³-hybridized carbons (Fsp3) is 0.673. The molecule has 2 aromatic carbocycles. The number of unbranched alkanes of at least 4 members (excludes halogenated alkanes) is 2. The van der Waals surface area contributed by atoms with E-state index in [0.29, 0.717) is 84.8 Å². The Hall–Kier alpha value is -3.31. The number of benzene rings is 2. The van der Waals surface area contributed by atoms with E-state index in [4.69, 9.17) is 9.31 Å². The number of hydrogen-bond donors (Lipinski definition) is 4. The standard InChI is InChI=1S/C25H38BNO4.C24H36BNO4/c1-17(2)6-5-11-27-16-20-10-9-19(12-20)13-23(29)15-22-14-21-7-4-8-24(18(3)28)25(21)31-26(22)30;1-3-4-5-11-26-16-19-10-9-18(12-19)13-22(28)15-21-14-20-7-6-8-23(17(2)27)24(20)30-25(21)29/h4,7-8,17,19-20,22,27,30H,5-6,9-16H2,1-3H3;6-8,18-19,21,26,29H,3-5,9-16H2,1-2H3/t19?,20?,22-;18?,19?,21-/m11/s1. The molecule has 2 aliphatic carbocycles. The molecule has 334 valence electrons. The zero-order valence-corrected chi connectivity index (χ0v) is 37.9. The third-order valence-corrected chi connectivity index (χ3v) is 13.5. The Morgan fingerprint density at radius 2 is 1.10 bits per heavy atom. The Bertz CT molecular complexity index is 1750. The minimum Gasteiger partial charge on any atom is -0.535 e. The predicted molar refractivity (Wildman–Crippen MR) is 244 cm³/mol. The van der Waals surface area contributed by atoms with E-state index in [1.807, 2.05) is 24.3 Å². The number of rotatable bonds is 22. The van der Waals surface area contributed by atoms with E-state index in [0.717, 1.165) is 68.9 Å². The first kappa shape index (κ1) is 48.7. The molecule has 0 amide bonds. The Balaban J connectivity index is 0.000000231. The van der Waals surface area contributed by atoms with Crippen LogP contribution in [-0.4, -0.2) is 73.6 Å². The van der Waals surface area contributed by atoms with Crippen molar-refractivity contribution in [3.05, 3.63) is 58.7 Å². The molecule has 0 bridgehead atoms. The highest BCUT2D eigenvalue weighted by molar-refractivity contribution is 6.47. The lowest BCUT2D eigenvalue weighted by molar-refractivity contribution is -0.121. The van der Waals surface area contributed by atoms with Crippen molar-refractivity contribution in [1.29, 1.82) is 0 Å². The van der Waals surface area contributed by atoms with Crippen molar-refractivity contribution in [2.45, 2.75) is 155 Å². The average Bonchev–Trinajstić information content (AvgIpc) is 3.86. The van der Waals surface area contributed by atoms with Crippen molar-refractivity contribution in [2.75, 3.05) is 26.2 Å². The van der Waals surface area contributed by atoms with Gasteiger partial charge in [-0.3, -0.25) is 19.2 Å². The van der Waals surface area contributed by atoms with Crippen LogP contribution in [0.4, 0.5) is 0 Å². The van der Waals surface area contributed by atoms with Crippen molar-refractivity contribution in [3.8, 4) is 11.5 Å². The van der Waals surface area contributed by atoms with Crippen LogP contribution in [0.25, 0.3) is 0 Å². The van der Waals surface area contributed by atoms with Gasteiger partial charge in [0.2, 0.25) is 0 Å². The molecule has 4 aliphatic rings. The smallest absolute Gasteiger partial charge is 0.526 e. The van der Waals surface area contributed by atoms with Gasteiger partial charge in [-0.05, 0) is 164 Å². The van der Waals surface area contributed by atoms with Crippen LogP contribution in [-0.2, 0) is 22.4 Å². The van der Waals surface area contributed by atoms with Gasteiger partial charge in [-0.15, -0.1) is 0 Å². The first-order chi connectivity index (χ1) is 29.3. The third kappa shape index (κ3) is 15.2. The van der Waals surface area contributed by atoms with Crippen LogP contribution < -0.4 is 19.9 Å². The molecule has 2 heterocycles. The Kier molecular flexibility index (Phi) is 19.6. The molecule has 4 N–H and O–H groups in total. The topological polar surface area (TPSA) is 151 Å². The normalized spacial score (nSPS) is 23.1. The molecule has 0 radical (unpaired) electrons. The van der Waals surface area contributed by atoms with Crippen molar-refractivity contribution >= 4 is 37.4 Å². The van der Waals surface area contributed by atoms with Crippen LogP contribution in [0.5, 0.6) is 11.5 Å². The molecule has 0 spiro atoms. The third-order valence-electron chi connectivity index (χ3n) is 13.5. The molecule has 2 aliphatic heterocycles. The zero-order chi connectivity index (χ0) is 43.9. The van der Waals surface area contributed by atoms with Crippen LogP contribution >= 0.6 is 0 Å². The summed E-state index contributed by atoms with van der Waals surface area (Å²) in [5, 5.41) is 28.1. The summed E-state index contributed by atoms with van der Waals surface area (Å²) in [6.07, 6.45) is 16.2. The summed E-state index contributed by atoms with van der Waals surface area (Å²) in [6.45, 7) is 14.1. The van der Waals surface area contributed by atoms with Gasteiger partial charge >= 0.3 is 14.2 Å². The lowest BCUT2D eigenvalue weighted by Crippen LogP contribution is -2.35. The van der Waals surface area contributed by atoms with Crippen molar-refractivity contribution < 1.29 is 38.5 Å². The molecule has 0 aromatic heterocycles. The van der Waals surface area contributed by atoms with Gasteiger partial charge in [-0.2, -0.15) is 0 Å². The number of para-hydroxylation sites is 2. The largest absolute Gasteiger partial charge is 0.535 e. The minimum absolute atomic E-state index is 0.0794. The fourth-order valence-corrected chi connectivity index (χ4v) is 10.1. The van der Waals surface area contributed by atoms with Crippen molar-refractivity contribution in [1.82, 2.24) is 10.6 Å². The molecule has 2 aromatic rings. The molecule has 6 atom stereocenters. The molecule has 12 heteroatoms. The van der Waals surface area contributed by atoms with Crippen LogP contribution in [0.2, 0.25) is 11.6 Å². The van der Waals surface area contributed by atoms with Crippen LogP contribution in [0.3, 0.4) is 0 Å². The van der Waals surface area contributed by atoms with E-state index in [9.17, 15) is 29.2 Å². The molecule has 2 saturated carbocycles. The Morgan fingerprint density at radius 1 is 0.656 bits per heavy atom. The molecular formula is C49H74B2N2O8. The summed E-state index contributed by atoms with van der Waals surface area (Å²) < 4.78 is 11.3. The van der Waals surface area contributed by atoms with E-state index < -0.39 is 14.2 Å². The second-order valence-corrected chi connectivity index (χ2v) is 19.3. The molecule has 10 nitrogen and oxygen atoms in total. The molecular weight excluding hydrogens is 766 g/mol. The van der Waals surface area contributed by atoms with Gasteiger partial charge in [-0.1, -0.05) is 57.9 Å². The van der Waals surface area contributed by atoms with Crippen LogP contribution in [0, 0.1) is 29.6 Å². The molecule has 4 unspecified atom stereocenters. The Labute approximate surface area is 366 Å². The zero-order valence-electron chi connectivity index (χ0n) is 37.9. The fourth-order valence-electron chi connectivity index (χ4n) is 10.1. The van der Waals surface area contributed by atoms with Gasteiger partial charge in [0.25, 0.3) is 0 Å². The highest BCUT2D eigenvalue weighted by Crippen LogP contribution is 2.40. The Morgan fingerprint density at radius 3 is 1.52 bits per heavy atom. The van der Waals surface area contributed by atoms with Crippen LogP contribution in [0.1, 0.15) is 163 Å². The van der Waals surface area contributed by atoms with Gasteiger partial charge in [0.05, 0.1) is 11.1 Å². The summed E-state index contributed by atoms with van der Waals surface area (Å²) in [5.41, 5.74) is 2.80. The summed E-state index contributed by atoms with van der Waals surface area (Å²) in [5.74, 6) is 3.80. The summed E-state index contributed by atoms with van der Waals surface area (Å²) in [7, 11) is -2.08. The summed E-state index contributed by atoms with van der Waals surface area (Å²) >= 11 is 0. The maximum atomic E-state index is 12.7. The molecule has 0 saturated heterocycles. The predicted octanol–water partition coefficient (Wildman–Crippen LogP) is 8.69. The van der Waals surface area contributed by atoms with Crippen molar-refractivity contribution in [3.63, 3.8) is 0 Å². The number of nitrogens with one attached hydrogen (secondary N) is 2. The average molecular weight is 841 g/mol. The minimum atomic E-state index is -1.04. The monoisotopic (exact) mass is 841 g/mol. The van der Waals surface area contributed by atoms with E-state index in [1.54, 1.807) is 12.1 Å². The maximum Gasteiger partial charge on any atom is 0.526 e. The number of ketones is 4. The van der Waals surface area contributed by atoms with Gasteiger partial charge in [0, 0.05) is 37.3 Å². The van der Waals surface area contributed by atoms with E-state index in [1.165, 1.54) is 58.8 Å². The quantitative estimate of drug-likeness (QED) is 0.0515. The number of carbonyl (C=O) groups is 4. The highest BCUT2D eigenvalue weighted by atomic mass is 16.5. The first-order valence-corrected chi connectivity index (χ1v) is 23.7.